The number of aryl methyl sites for hydroxylation is 2. The quantitative estimate of drug-likeness (QED) is 0.666. The second kappa shape index (κ2) is 8.34. The number of benzene rings is 2. The van der Waals surface area contributed by atoms with E-state index in [1.165, 1.54) is 11.1 Å². The number of aromatic nitrogens is 2. The number of methoxy groups -OCH3 is 1. The first-order valence-corrected chi connectivity index (χ1v) is 8.65. The molecule has 0 aliphatic carbocycles. The minimum Gasteiger partial charge on any atom is -0.496 e. The molecule has 134 valence electrons. The van der Waals surface area contributed by atoms with Gasteiger partial charge in [-0.3, -0.25) is 0 Å². The third kappa shape index (κ3) is 4.72. The maximum Gasteiger partial charge on any atom is 0.132 e. The van der Waals surface area contributed by atoms with Crippen LogP contribution in [0.15, 0.2) is 54.6 Å². The summed E-state index contributed by atoms with van der Waals surface area (Å²) in [6.45, 7) is 5.34. The number of nitrogens with zero attached hydrogens (tertiary/aromatic N) is 2. The maximum absolute atomic E-state index is 5.39. The van der Waals surface area contributed by atoms with Crippen LogP contribution in [-0.2, 0) is 13.1 Å². The summed E-state index contributed by atoms with van der Waals surface area (Å²) < 4.78 is 5.39. The number of anilines is 2. The summed E-state index contributed by atoms with van der Waals surface area (Å²) in [5, 5.41) is 6.72. The second-order valence-corrected chi connectivity index (χ2v) is 6.19. The highest BCUT2D eigenvalue weighted by atomic mass is 16.5. The molecule has 2 N–H and O–H groups in total. The minimum absolute atomic E-state index is 0.637. The molecular weight excluding hydrogens is 324 g/mol. The van der Waals surface area contributed by atoms with Crippen LogP contribution in [0.2, 0.25) is 0 Å². The van der Waals surface area contributed by atoms with Crippen molar-refractivity contribution in [3.05, 3.63) is 77.1 Å². The van der Waals surface area contributed by atoms with Crippen LogP contribution in [0.1, 0.15) is 22.5 Å². The molecule has 0 saturated carbocycles. The summed E-state index contributed by atoms with van der Waals surface area (Å²) >= 11 is 0. The van der Waals surface area contributed by atoms with Gasteiger partial charge >= 0.3 is 0 Å². The SMILES string of the molecule is COc1ccccc1CNc1cc(NCc2ccc(C)cc2)nc(C)n1. The van der Waals surface area contributed by atoms with E-state index in [1.54, 1.807) is 7.11 Å². The van der Waals surface area contributed by atoms with Gasteiger partial charge in [-0.1, -0.05) is 48.0 Å². The predicted molar refractivity (Wildman–Crippen MR) is 106 cm³/mol. The Hall–Kier alpha value is -3.08. The van der Waals surface area contributed by atoms with Gasteiger partial charge in [-0.2, -0.15) is 0 Å². The fraction of sp³-hybridized carbons (Fsp3) is 0.238. The number of para-hydroxylation sites is 1. The maximum atomic E-state index is 5.39. The van der Waals surface area contributed by atoms with E-state index in [0.717, 1.165) is 35.3 Å². The average Bonchev–Trinajstić information content (AvgIpc) is 2.66. The zero-order valence-electron chi connectivity index (χ0n) is 15.4. The topological polar surface area (TPSA) is 59.1 Å². The van der Waals surface area contributed by atoms with Gasteiger partial charge in [0.25, 0.3) is 0 Å². The second-order valence-electron chi connectivity index (χ2n) is 6.19. The van der Waals surface area contributed by atoms with Crippen molar-refractivity contribution in [1.29, 1.82) is 0 Å². The van der Waals surface area contributed by atoms with Crippen molar-refractivity contribution in [2.45, 2.75) is 26.9 Å². The van der Waals surface area contributed by atoms with Gasteiger partial charge in [0.1, 0.15) is 23.2 Å². The van der Waals surface area contributed by atoms with Crippen LogP contribution in [0.5, 0.6) is 5.75 Å². The van der Waals surface area contributed by atoms with E-state index in [-0.39, 0.29) is 0 Å². The van der Waals surface area contributed by atoms with E-state index < -0.39 is 0 Å². The van der Waals surface area contributed by atoms with Crippen LogP contribution in [0.25, 0.3) is 0 Å². The van der Waals surface area contributed by atoms with Crippen molar-refractivity contribution in [3.63, 3.8) is 0 Å². The van der Waals surface area contributed by atoms with Crippen molar-refractivity contribution >= 4 is 11.6 Å². The summed E-state index contributed by atoms with van der Waals surface area (Å²) in [5.41, 5.74) is 3.56. The molecule has 2 aromatic carbocycles. The molecule has 5 heteroatoms. The zero-order valence-corrected chi connectivity index (χ0v) is 15.4. The van der Waals surface area contributed by atoms with E-state index >= 15 is 0 Å². The molecule has 3 aromatic rings. The van der Waals surface area contributed by atoms with Crippen molar-refractivity contribution < 1.29 is 4.74 Å². The van der Waals surface area contributed by atoms with Crippen LogP contribution in [0.3, 0.4) is 0 Å². The summed E-state index contributed by atoms with van der Waals surface area (Å²) in [4.78, 5) is 8.94. The first kappa shape index (κ1) is 17.7. The Bertz CT molecular complexity index is 862. The molecule has 0 unspecified atom stereocenters. The Balaban J connectivity index is 1.66. The standard InChI is InChI=1S/C21H24N4O/c1-15-8-10-17(11-9-15)13-22-20-12-21(25-16(2)24-20)23-14-18-6-4-5-7-19(18)26-3/h4-12H,13-14H2,1-3H3,(H2,22,23,24,25). The predicted octanol–water partition coefficient (Wildman–Crippen LogP) is 4.33. The van der Waals surface area contributed by atoms with Gasteiger partial charge in [-0.25, -0.2) is 9.97 Å². The normalized spacial score (nSPS) is 10.4. The van der Waals surface area contributed by atoms with Crippen LogP contribution in [0.4, 0.5) is 11.6 Å². The Labute approximate surface area is 154 Å². The van der Waals surface area contributed by atoms with E-state index in [2.05, 4.69) is 51.8 Å². The highest BCUT2D eigenvalue weighted by Crippen LogP contribution is 2.19. The summed E-state index contributed by atoms with van der Waals surface area (Å²) in [5.74, 6) is 3.18. The number of ether oxygens (including phenoxy) is 1. The molecule has 0 aliphatic rings. The van der Waals surface area contributed by atoms with Crippen molar-refractivity contribution in [2.24, 2.45) is 0 Å². The van der Waals surface area contributed by atoms with Crippen LogP contribution in [0, 0.1) is 13.8 Å². The molecule has 0 bridgehead atoms. The Kier molecular flexibility index (Phi) is 5.69. The molecule has 5 nitrogen and oxygen atoms in total. The van der Waals surface area contributed by atoms with Crippen molar-refractivity contribution in [1.82, 2.24) is 9.97 Å². The number of rotatable bonds is 7. The fourth-order valence-electron chi connectivity index (χ4n) is 2.68. The molecule has 3 rings (SSSR count). The largest absolute Gasteiger partial charge is 0.496 e. The third-order valence-corrected chi connectivity index (χ3v) is 4.08. The third-order valence-electron chi connectivity index (χ3n) is 4.08. The molecule has 0 saturated heterocycles. The van der Waals surface area contributed by atoms with Gasteiger partial charge in [0, 0.05) is 24.7 Å². The molecule has 0 fully saturated rings. The molecule has 0 aliphatic heterocycles. The molecule has 0 atom stereocenters. The minimum atomic E-state index is 0.637. The summed E-state index contributed by atoms with van der Waals surface area (Å²) in [6, 6.07) is 18.4. The monoisotopic (exact) mass is 348 g/mol. The highest BCUT2D eigenvalue weighted by molar-refractivity contribution is 5.49. The number of hydrogen-bond donors (Lipinski definition) is 2. The zero-order chi connectivity index (χ0) is 18.4. The number of hydrogen-bond acceptors (Lipinski definition) is 5. The van der Waals surface area contributed by atoms with E-state index in [1.807, 2.05) is 37.3 Å². The van der Waals surface area contributed by atoms with Crippen molar-refractivity contribution in [2.75, 3.05) is 17.7 Å². The first-order chi connectivity index (χ1) is 12.6. The average molecular weight is 348 g/mol. The first-order valence-electron chi connectivity index (χ1n) is 8.65. The van der Waals surface area contributed by atoms with E-state index in [9.17, 15) is 0 Å². The summed E-state index contributed by atoms with van der Waals surface area (Å²) in [6.07, 6.45) is 0. The summed E-state index contributed by atoms with van der Waals surface area (Å²) in [7, 11) is 1.68. The highest BCUT2D eigenvalue weighted by Gasteiger charge is 2.05. The molecule has 0 amide bonds. The van der Waals surface area contributed by atoms with Crippen LogP contribution < -0.4 is 15.4 Å². The van der Waals surface area contributed by atoms with Crippen molar-refractivity contribution in [3.8, 4) is 5.75 Å². The van der Waals surface area contributed by atoms with Gasteiger partial charge in [0.15, 0.2) is 0 Å². The Morgan fingerprint density at radius 1 is 0.846 bits per heavy atom. The molecule has 26 heavy (non-hydrogen) atoms. The van der Waals surface area contributed by atoms with Gasteiger partial charge in [-0.05, 0) is 25.5 Å². The molecule has 0 spiro atoms. The lowest BCUT2D eigenvalue weighted by molar-refractivity contribution is 0.410. The van der Waals surface area contributed by atoms with E-state index in [0.29, 0.717) is 6.54 Å². The lowest BCUT2D eigenvalue weighted by atomic mass is 10.1. The molecule has 0 radical (unpaired) electrons. The van der Waals surface area contributed by atoms with Gasteiger partial charge in [0.2, 0.25) is 0 Å². The fourth-order valence-corrected chi connectivity index (χ4v) is 2.68. The van der Waals surface area contributed by atoms with Gasteiger partial charge in [0.05, 0.1) is 7.11 Å². The Morgan fingerprint density at radius 2 is 1.50 bits per heavy atom. The van der Waals surface area contributed by atoms with Gasteiger partial charge < -0.3 is 15.4 Å². The van der Waals surface area contributed by atoms with Crippen LogP contribution >= 0.6 is 0 Å². The smallest absolute Gasteiger partial charge is 0.132 e. The molecular formula is C21H24N4O. The lowest BCUT2D eigenvalue weighted by Crippen LogP contribution is -2.07. The van der Waals surface area contributed by atoms with Gasteiger partial charge in [-0.15, -0.1) is 0 Å². The molecule has 1 heterocycles. The number of nitrogens with one attached hydrogen (secondary N) is 2. The van der Waals surface area contributed by atoms with Crippen LogP contribution in [-0.4, -0.2) is 17.1 Å². The molecule has 1 aromatic heterocycles. The Morgan fingerprint density at radius 3 is 2.19 bits per heavy atom. The van der Waals surface area contributed by atoms with E-state index in [4.69, 9.17) is 4.74 Å². The lowest BCUT2D eigenvalue weighted by Gasteiger charge is -2.12.